The van der Waals surface area contributed by atoms with Gasteiger partial charge in [0.25, 0.3) is 0 Å². The fourth-order valence-electron chi connectivity index (χ4n) is 3.57. The Balaban J connectivity index is 1.43. The van der Waals surface area contributed by atoms with Crippen LogP contribution in [-0.2, 0) is 32.1 Å². The maximum atomic E-state index is 13.0. The largest absolute Gasteiger partial charge is 0.368 e. The molecule has 1 aliphatic heterocycles. The molecule has 1 saturated heterocycles. The highest BCUT2D eigenvalue weighted by atomic mass is 32.1. The lowest BCUT2D eigenvalue weighted by atomic mass is 10.1. The number of Topliss-reactive ketones (excluding diaryl/α,β-unsaturated/α-hetero) is 1. The Labute approximate surface area is 186 Å². The fraction of sp³-hybridized carbons (Fsp3) is 0.280. The average molecular weight is 436 g/mol. The third-order valence-electron chi connectivity index (χ3n) is 5.37. The first kappa shape index (κ1) is 21.4. The third-order valence-corrected chi connectivity index (χ3v) is 6.29. The quantitative estimate of drug-likeness (QED) is 0.581. The average Bonchev–Trinajstić information content (AvgIpc) is 3.44. The van der Waals surface area contributed by atoms with Gasteiger partial charge in [0, 0.05) is 11.3 Å². The van der Waals surface area contributed by atoms with Crippen molar-refractivity contribution in [1.29, 1.82) is 0 Å². The van der Waals surface area contributed by atoms with Crippen LogP contribution in [0.15, 0.2) is 72.1 Å². The molecule has 1 amide bonds. The predicted molar refractivity (Wildman–Crippen MR) is 121 cm³/mol. The molecule has 3 aromatic rings. The van der Waals surface area contributed by atoms with E-state index in [1.807, 2.05) is 48.5 Å². The highest BCUT2D eigenvalue weighted by molar-refractivity contribution is 7.13. The number of ketones is 1. The minimum Gasteiger partial charge on any atom is -0.368 e. The predicted octanol–water partition coefficient (Wildman–Crippen LogP) is 4.02. The maximum Gasteiger partial charge on any atom is 0.250 e. The highest BCUT2D eigenvalue weighted by Crippen LogP contribution is 2.25. The molecule has 1 aromatic heterocycles. The van der Waals surface area contributed by atoms with Crippen molar-refractivity contribution in [2.24, 2.45) is 0 Å². The van der Waals surface area contributed by atoms with Gasteiger partial charge < -0.3 is 14.8 Å². The molecule has 2 aromatic carbocycles. The smallest absolute Gasteiger partial charge is 0.250 e. The Bertz CT molecular complexity index is 1000. The molecule has 0 spiro atoms. The van der Waals surface area contributed by atoms with Crippen LogP contribution in [0.4, 0.5) is 0 Å². The molecular formula is C25H25NO4S. The van der Waals surface area contributed by atoms with Crippen molar-refractivity contribution < 1.29 is 19.1 Å². The van der Waals surface area contributed by atoms with E-state index in [0.717, 1.165) is 16.7 Å². The molecular weight excluding hydrogens is 410 g/mol. The van der Waals surface area contributed by atoms with Crippen molar-refractivity contribution in [3.8, 4) is 10.4 Å². The van der Waals surface area contributed by atoms with Crippen LogP contribution in [-0.4, -0.2) is 36.5 Å². The number of thiophene rings is 1. The van der Waals surface area contributed by atoms with Crippen LogP contribution in [0.5, 0.6) is 0 Å². The first-order chi connectivity index (χ1) is 15.1. The number of hydrogen-bond acceptors (Lipinski definition) is 5. The molecule has 0 bridgehead atoms. The summed E-state index contributed by atoms with van der Waals surface area (Å²) in [7, 11) is 0. The normalized spacial score (nSPS) is 19.3. The molecule has 2 heterocycles. The molecule has 1 aliphatic rings. The minimum atomic E-state index is -0.708. The van der Waals surface area contributed by atoms with Crippen molar-refractivity contribution in [1.82, 2.24) is 5.32 Å². The number of benzene rings is 2. The third kappa shape index (κ3) is 5.47. The zero-order chi connectivity index (χ0) is 21.6. The summed E-state index contributed by atoms with van der Waals surface area (Å²) >= 11 is 1.70. The van der Waals surface area contributed by atoms with Gasteiger partial charge in [0.15, 0.2) is 5.78 Å². The first-order valence-corrected chi connectivity index (χ1v) is 11.2. The van der Waals surface area contributed by atoms with Crippen molar-refractivity contribution >= 4 is 23.0 Å². The van der Waals surface area contributed by atoms with E-state index in [1.165, 1.54) is 4.88 Å². The molecule has 4 rings (SSSR count). The summed E-state index contributed by atoms with van der Waals surface area (Å²) in [5.41, 5.74) is 3.14. The van der Waals surface area contributed by atoms with E-state index in [1.54, 1.807) is 18.3 Å². The molecule has 6 heteroatoms. The van der Waals surface area contributed by atoms with Gasteiger partial charge in [-0.1, -0.05) is 60.7 Å². The van der Waals surface area contributed by atoms with E-state index in [9.17, 15) is 9.59 Å². The van der Waals surface area contributed by atoms with E-state index in [2.05, 4.69) is 28.9 Å². The summed E-state index contributed by atoms with van der Waals surface area (Å²) in [4.78, 5) is 26.2. The lowest BCUT2D eigenvalue weighted by Crippen LogP contribution is -2.49. The van der Waals surface area contributed by atoms with Crippen LogP contribution in [0.2, 0.25) is 0 Å². The van der Waals surface area contributed by atoms with E-state index in [0.29, 0.717) is 13.0 Å². The Hall–Kier alpha value is -2.80. The summed E-state index contributed by atoms with van der Waals surface area (Å²) in [6.07, 6.45) is -0.616. The van der Waals surface area contributed by atoms with Gasteiger partial charge in [0.1, 0.15) is 18.8 Å². The zero-order valence-corrected chi connectivity index (χ0v) is 18.1. The number of nitrogens with one attached hydrogen (secondary N) is 1. The maximum absolute atomic E-state index is 13.0. The Morgan fingerprint density at radius 1 is 1.10 bits per heavy atom. The van der Waals surface area contributed by atoms with Crippen LogP contribution in [0.25, 0.3) is 10.4 Å². The topological polar surface area (TPSA) is 64.6 Å². The summed E-state index contributed by atoms with van der Waals surface area (Å²) in [5, 5.41) is 4.88. The van der Waals surface area contributed by atoms with Crippen LogP contribution in [0.3, 0.4) is 0 Å². The Morgan fingerprint density at radius 2 is 1.87 bits per heavy atom. The van der Waals surface area contributed by atoms with Crippen molar-refractivity contribution in [3.05, 3.63) is 83.2 Å². The van der Waals surface area contributed by atoms with Gasteiger partial charge in [0.05, 0.1) is 12.7 Å². The van der Waals surface area contributed by atoms with Crippen LogP contribution in [0.1, 0.15) is 18.1 Å². The standard InChI is InChI=1S/C25H25NO4S/c1-17-24(21(27)16-29-17)26-25(28)22(14-18-6-3-2-4-7-18)30-15-19-9-11-20(12-10-19)23-8-5-13-31-23/h2-13,17,22,24H,14-16H2,1H3,(H,26,28). The molecule has 1 N–H and O–H groups in total. The number of hydrogen-bond donors (Lipinski definition) is 1. The fourth-order valence-corrected chi connectivity index (χ4v) is 4.30. The molecule has 160 valence electrons. The number of carbonyl (C=O) groups excluding carboxylic acids is 2. The van der Waals surface area contributed by atoms with Gasteiger partial charge in [-0.2, -0.15) is 0 Å². The summed E-state index contributed by atoms with van der Waals surface area (Å²) in [5.74, 6) is -0.404. The minimum absolute atomic E-state index is 0.0346. The van der Waals surface area contributed by atoms with Gasteiger partial charge in [-0.25, -0.2) is 0 Å². The van der Waals surface area contributed by atoms with E-state index < -0.39 is 12.1 Å². The van der Waals surface area contributed by atoms with Crippen LogP contribution in [0, 0.1) is 0 Å². The van der Waals surface area contributed by atoms with E-state index >= 15 is 0 Å². The summed E-state index contributed by atoms with van der Waals surface area (Å²) in [6, 6.07) is 21.4. The van der Waals surface area contributed by atoms with E-state index in [-0.39, 0.29) is 24.4 Å². The molecule has 5 nitrogen and oxygen atoms in total. The lowest BCUT2D eigenvalue weighted by molar-refractivity contribution is -0.136. The number of ether oxygens (including phenoxy) is 2. The highest BCUT2D eigenvalue weighted by Gasteiger charge is 2.35. The molecule has 3 atom stereocenters. The van der Waals surface area contributed by atoms with Gasteiger partial charge >= 0.3 is 0 Å². The Kier molecular flexibility index (Phi) is 6.92. The van der Waals surface area contributed by atoms with Crippen LogP contribution < -0.4 is 5.32 Å². The molecule has 0 radical (unpaired) electrons. The van der Waals surface area contributed by atoms with Gasteiger partial charge in [-0.15, -0.1) is 11.3 Å². The lowest BCUT2D eigenvalue weighted by Gasteiger charge is -2.21. The van der Waals surface area contributed by atoms with Crippen molar-refractivity contribution in [3.63, 3.8) is 0 Å². The number of rotatable bonds is 8. The van der Waals surface area contributed by atoms with Crippen molar-refractivity contribution in [2.75, 3.05) is 6.61 Å². The second-order valence-corrected chi connectivity index (χ2v) is 8.58. The van der Waals surface area contributed by atoms with E-state index in [4.69, 9.17) is 9.47 Å². The van der Waals surface area contributed by atoms with Gasteiger partial charge in [-0.3, -0.25) is 9.59 Å². The summed E-state index contributed by atoms with van der Waals surface area (Å²) in [6.45, 7) is 2.13. The number of amides is 1. The number of carbonyl (C=O) groups is 2. The van der Waals surface area contributed by atoms with Crippen molar-refractivity contribution in [2.45, 2.75) is 38.2 Å². The molecule has 0 saturated carbocycles. The molecule has 0 aliphatic carbocycles. The molecule has 1 fully saturated rings. The monoisotopic (exact) mass is 435 g/mol. The van der Waals surface area contributed by atoms with Gasteiger partial charge in [0.2, 0.25) is 5.91 Å². The van der Waals surface area contributed by atoms with Gasteiger partial charge in [-0.05, 0) is 35.1 Å². The second-order valence-electron chi connectivity index (χ2n) is 7.63. The summed E-state index contributed by atoms with van der Waals surface area (Å²) < 4.78 is 11.4. The SMILES string of the molecule is CC1OCC(=O)C1NC(=O)C(Cc1ccccc1)OCc1ccc(-c2cccs2)cc1. The molecule has 31 heavy (non-hydrogen) atoms. The second kappa shape index (κ2) is 10.0. The zero-order valence-electron chi connectivity index (χ0n) is 17.3. The van der Waals surface area contributed by atoms with Crippen LogP contribution >= 0.6 is 11.3 Å². The first-order valence-electron chi connectivity index (χ1n) is 10.3. The Morgan fingerprint density at radius 3 is 2.52 bits per heavy atom. The molecule has 3 unspecified atom stereocenters.